The summed E-state index contributed by atoms with van der Waals surface area (Å²) in [7, 11) is 0. The summed E-state index contributed by atoms with van der Waals surface area (Å²) in [6.07, 6.45) is 1.08. The lowest BCUT2D eigenvalue weighted by Gasteiger charge is -2.26. The predicted molar refractivity (Wildman–Crippen MR) is 85.7 cm³/mol. The molecule has 1 fully saturated rings. The van der Waals surface area contributed by atoms with Crippen molar-refractivity contribution in [2.24, 2.45) is 0 Å². The molecule has 2 rings (SSSR count). The highest BCUT2D eigenvalue weighted by Gasteiger charge is 2.28. The topological polar surface area (TPSA) is 53.5 Å². The van der Waals surface area contributed by atoms with Crippen LogP contribution in [0.3, 0.4) is 0 Å². The van der Waals surface area contributed by atoms with Crippen LogP contribution >= 0.6 is 0 Å². The molecule has 1 N–H and O–H groups in total. The fourth-order valence-electron chi connectivity index (χ4n) is 2.06. The monoisotopic (exact) mass is 311 g/mol. The number of benzene rings is 1. The van der Waals surface area contributed by atoms with E-state index in [1.165, 1.54) is 0 Å². The van der Waals surface area contributed by atoms with Crippen LogP contribution in [0.1, 0.15) is 45.7 Å². The molecule has 0 radical (unpaired) electrons. The van der Waals surface area contributed by atoms with Crippen LogP contribution < -0.4 is 9.46 Å². The Morgan fingerprint density at radius 1 is 1.43 bits per heavy atom. The molecule has 0 amide bonds. The Morgan fingerprint density at radius 2 is 2.19 bits per heavy atom. The van der Waals surface area contributed by atoms with Crippen molar-refractivity contribution in [3.63, 3.8) is 0 Å². The standard InChI is InChI=1S/C16H25NO3S/c1-12(17-21(18)16(2,3)4)13-6-5-7-14(10-13)20-15-8-9-19-11-15/h5-7,10,12,15,17H,8-9,11H2,1-4H3/t12-,15-,21?/m0/s1. The van der Waals surface area contributed by atoms with Crippen LogP contribution in [0, 0.1) is 0 Å². The van der Waals surface area contributed by atoms with E-state index in [0.717, 1.165) is 24.3 Å². The summed E-state index contributed by atoms with van der Waals surface area (Å²) < 4.78 is 26.3. The zero-order chi connectivity index (χ0) is 15.5. The van der Waals surface area contributed by atoms with E-state index in [0.29, 0.717) is 6.61 Å². The van der Waals surface area contributed by atoms with E-state index in [2.05, 4.69) is 4.72 Å². The van der Waals surface area contributed by atoms with Crippen molar-refractivity contribution in [1.82, 2.24) is 4.72 Å². The minimum Gasteiger partial charge on any atom is -0.598 e. The molecule has 1 saturated heterocycles. The van der Waals surface area contributed by atoms with Crippen molar-refractivity contribution in [2.75, 3.05) is 13.2 Å². The molecule has 0 bridgehead atoms. The molecule has 1 aliphatic rings. The van der Waals surface area contributed by atoms with E-state index in [1.54, 1.807) is 0 Å². The van der Waals surface area contributed by atoms with Gasteiger partial charge in [-0.05, 0) is 45.4 Å². The van der Waals surface area contributed by atoms with E-state index in [9.17, 15) is 4.55 Å². The average Bonchev–Trinajstić information content (AvgIpc) is 2.90. The third-order valence-corrected chi connectivity index (χ3v) is 5.07. The van der Waals surface area contributed by atoms with Gasteiger partial charge >= 0.3 is 0 Å². The van der Waals surface area contributed by atoms with Gasteiger partial charge in [0.25, 0.3) is 0 Å². The van der Waals surface area contributed by atoms with E-state index >= 15 is 0 Å². The number of hydrogen-bond acceptors (Lipinski definition) is 4. The summed E-state index contributed by atoms with van der Waals surface area (Å²) in [4.78, 5) is 0. The Balaban J connectivity index is 1.99. The van der Waals surface area contributed by atoms with Crippen molar-refractivity contribution < 1.29 is 14.0 Å². The molecule has 0 aromatic heterocycles. The molecule has 21 heavy (non-hydrogen) atoms. The largest absolute Gasteiger partial charge is 0.598 e. The van der Waals surface area contributed by atoms with Crippen molar-refractivity contribution in [3.05, 3.63) is 29.8 Å². The van der Waals surface area contributed by atoms with E-state index in [4.69, 9.17) is 9.47 Å². The molecule has 0 aliphatic carbocycles. The molecule has 1 aliphatic heterocycles. The van der Waals surface area contributed by atoms with Gasteiger partial charge in [0.15, 0.2) is 0 Å². The Kier molecular flexibility index (Phi) is 5.54. The highest BCUT2D eigenvalue weighted by molar-refractivity contribution is 7.90. The Hall–Kier alpha value is -0.750. The molecule has 1 aromatic rings. The van der Waals surface area contributed by atoms with Gasteiger partial charge in [-0.3, -0.25) is 0 Å². The number of hydrogen-bond donors (Lipinski definition) is 1. The minimum atomic E-state index is -1.09. The minimum absolute atomic E-state index is 0.00781. The van der Waals surface area contributed by atoms with Gasteiger partial charge in [-0.2, -0.15) is 0 Å². The molecule has 0 saturated carbocycles. The molecular formula is C16H25NO3S. The second-order valence-corrected chi connectivity index (χ2v) is 8.39. The van der Waals surface area contributed by atoms with Gasteiger partial charge in [0, 0.05) is 17.8 Å². The van der Waals surface area contributed by atoms with E-state index in [1.807, 2.05) is 52.0 Å². The van der Waals surface area contributed by atoms with Gasteiger partial charge in [0.1, 0.15) is 16.6 Å². The Bertz CT molecular complexity index is 455. The highest BCUT2D eigenvalue weighted by atomic mass is 32.2. The number of nitrogens with one attached hydrogen (secondary N) is 1. The smallest absolute Gasteiger partial charge is 0.136 e. The lowest BCUT2D eigenvalue weighted by Crippen LogP contribution is -2.40. The van der Waals surface area contributed by atoms with Crippen LogP contribution in [0.2, 0.25) is 0 Å². The molecule has 1 unspecified atom stereocenters. The van der Waals surface area contributed by atoms with Crippen molar-refractivity contribution in [3.8, 4) is 5.75 Å². The molecule has 118 valence electrons. The van der Waals surface area contributed by atoms with Crippen LogP contribution in [0.25, 0.3) is 0 Å². The molecular weight excluding hydrogens is 286 g/mol. The zero-order valence-electron chi connectivity index (χ0n) is 13.2. The van der Waals surface area contributed by atoms with Crippen molar-refractivity contribution in [2.45, 2.75) is 51.0 Å². The first-order valence-electron chi connectivity index (χ1n) is 7.38. The highest BCUT2D eigenvalue weighted by Crippen LogP contribution is 2.24. The van der Waals surface area contributed by atoms with Gasteiger partial charge in [0.05, 0.1) is 19.3 Å². The second-order valence-electron chi connectivity index (χ2n) is 6.40. The van der Waals surface area contributed by atoms with Crippen molar-refractivity contribution in [1.29, 1.82) is 0 Å². The van der Waals surface area contributed by atoms with Crippen LogP contribution in [0.5, 0.6) is 5.75 Å². The fraction of sp³-hybridized carbons (Fsp3) is 0.625. The third-order valence-electron chi connectivity index (χ3n) is 3.39. The van der Waals surface area contributed by atoms with E-state index < -0.39 is 11.4 Å². The van der Waals surface area contributed by atoms with Gasteiger partial charge in [0.2, 0.25) is 0 Å². The number of rotatable bonds is 5. The first-order chi connectivity index (χ1) is 9.86. The first-order valence-corrected chi connectivity index (χ1v) is 8.53. The molecule has 1 heterocycles. The van der Waals surface area contributed by atoms with Crippen LogP contribution in [0.15, 0.2) is 24.3 Å². The van der Waals surface area contributed by atoms with Crippen LogP contribution in [0.4, 0.5) is 0 Å². The normalized spacial score (nSPS) is 22.0. The van der Waals surface area contributed by atoms with Gasteiger partial charge in [-0.25, -0.2) is 0 Å². The maximum absolute atomic E-state index is 12.2. The summed E-state index contributed by atoms with van der Waals surface area (Å²) in [6.45, 7) is 9.33. The average molecular weight is 311 g/mol. The summed E-state index contributed by atoms with van der Waals surface area (Å²) in [6, 6.07) is 7.97. The second kappa shape index (κ2) is 7.01. The summed E-state index contributed by atoms with van der Waals surface area (Å²) in [5.74, 6) is 0.846. The summed E-state index contributed by atoms with van der Waals surface area (Å²) in [5.41, 5.74) is 1.07. The molecule has 1 aromatic carbocycles. The molecule has 5 heteroatoms. The van der Waals surface area contributed by atoms with Gasteiger partial charge in [-0.15, -0.1) is 4.72 Å². The number of ether oxygens (including phenoxy) is 2. The Labute approximate surface area is 130 Å². The SMILES string of the molecule is C[C@H](N[S+]([O-])C(C)(C)C)c1cccc(O[C@H]2CCOC2)c1. The predicted octanol–water partition coefficient (Wildman–Crippen LogP) is 2.97. The molecule has 4 nitrogen and oxygen atoms in total. The molecule has 3 atom stereocenters. The lowest BCUT2D eigenvalue weighted by atomic mass is 10.1. The maximum atomic E-state index is 12.2. The van der Waals surface area contributed by atoms with Crippen LogP contribution in [-0.4, -0.2) is 28.6 Å². The fourth-order valence-corrected chi connectivity index (χ4v) is 2.87. The van der Waals surface area contributed by atoms with E-state index in [-0.39, 0.29) is 16.9 Å². The Morgan fingerprint density at radius 3 is 2.81 bits per heavy atom. The van der Waals surface area contributed by atoms with Gasteiger partial charge < -0.3 is 14.0 Å². The summed E-state index contributed by atoms with van der Waals surface area (Å²) >= 11 is -1.09. The third kappa shape index (κ3) is 4.88. The maximum Gasteiger partial charge on any atom is 0.136 e. The molecule has 0 spiro atoms. The summed E-state index contributed by atoms with van der Waals surface area (Å²) in [5, 5.41) is 0. The van der Waals surface area contributed by atoms with Crippen LogP contribution in [-0.2, 0) is 16.1 Å². The quantitative estimate of drug-likeness (QED) is 0.849. The first kappa shape index (κ1) is 16.6. The van der Waals surface area contributed by atoms with Gasteiger partial charge in [-0.1, -0.05) is 12.1 Å². The zero-order valence-corrected chi connectivity index (χ0v) is 14.0. The van der Waals surface area contributed by atoms with Crippen molar-refractivity contribution >= 4 is 11.4 Å². The lowest BCUT2D eigenvalue weighted by molar-refractivity contribution is 0.141.